The molecule has 0 bridgehead atoms. The predicted octanol–water partition coefficient (Wildman–Crippen LogP) is 0.376. The van der Waals surface area contributed by atoms with E-state index in [1.165, 1.54) is 7.05 Å². The van der Waals surface area contributed by atoms with Crippen molar-refractivity contribution in [3.8, 4) is 0 Å². The first-order chi connectivity index (χ1) is 10.5. The van der Waals surface area contributed by atoms with E-state index in [-0.39, 0.29) is 12.8 Å². The molecule has 0 aromatic carbocycles. The van der Waals surface area contributed by atoms with Gasteiger partial charge in [0.1, 0.15) is 18.2 Å². The van der Waals surface area contributed by atoms with E-state index in [0.717, 1.165) is 12.0 Å². The highest BCUT2D eigenvalue weighted by Crippen LogP contribution is 2.09. The van der Waals surface area contributed by atoms with Crippen LogP contribution in [0.5, 0.6) is 0 Å². The number of rotatable bonds is 7. The fourth-order valence-electron chi connectivity index (χ4n) is 1.59. The van der Waals surface area contributed by atoms with Crippen LogP contribution < -0.4 is 5.32 Å². The third-order valence-electron chi connectivity index (χ3n) is 2.62. The number of amides is 2. The van der Waals surface area contributed by atoms with E-state index in [4.69, 9.17) is 9.84 Å². The molecule has 1 atom stereocenters. The molecule has 0 aliphatic carbocycles. The number of carbonyl (C=O) groups is 4. The summed E-state index contributed by atoms with van der Waals surface area (Å²) in [6, 6.07) is -1.06. The van der Waals surface area contributed by atoms with E-state index >= 15 is 0 Å². The molecule has 132 valence electrons. The van der Waals surface area contributed by atoms with Crippen molar-refractivity contribution in [1.29, 1.82) is 0 Å². The Balaban J connectivity index is 4.63. The topological polar surface area (TPSA) is 122 Å². The maximum atomic E-state index is 11.8. The summed E-state index contributed by atoms with van der Waals surface area (Å²) in [4.78, 5) is 46.7. The Labute approximate surface area is 134 Å². The van der Waals surface area contributed by atoms with Gasteiger partial charge in [0.05, 0.1) is 7.11 Å². The van der Waals surface area contributed by atoms with Gasteiger partial charge in [-0.25, -0.2) is 9.59 Å². The number of carbonyl (C=O) groups excluding carboxylic acids is 3. The molecule has 0 radical (unpaired) electrons. The Morgan fingerprint density at radius 1 is 1.22 bits per heavy atom. The molecule has 0 heterocycles. The number of methoxy groups -OCH3 is 1. The molecule has 0 aliphatic rings. The normalized spacial score (nSPS) is 12.0. The fraction of sp³-hybridized carbons (Fsp3) is 0.714. The first-order valence-corrected chi connectivity index (χ1v) is 6.99. The molecule has 2 amide bonds. The molecule has 1 unspecified atom stereocenters. The van der Waals surface area contributed by atoms with Crippen LogP contribution in [-0.2, 0) is 23.9 Å². The first kappa shape index (κ1) is 20.7. The summed E-state index contributed by atoms with van der Waals surface area (Å²) in [7, 11) is 2.50. The average molecular weight is 332 g/mol. The third kappa shape index (κ3) is 9.33. The molecule has 0 aromatic rings. The number of likely N-dealkylation sites (N-methyl/N-ethyl adjacent to an activating group) is 1. The van der Waals surface area contributed by atoms with Gasteiger partial charge in [0.25, 0.3) is 0 Å². The Hall–Kier alpha value is -2.32. The number of ether oxygens (including phenoxy) is 2. The van der Waals surface area contributed by atoms with Gasteiger partial charge in [0, 0.05) is 13.5 Å². The van der Waals surface area contributed by atoms with Gasteiger partial charge in [-0.2, -0.15) is 0 Å². The number of carboxylic acids is 1. The minimum absolute atomic E-state index is 0.0330. The van der Waals surface area contributed by atoms with Gasteiger partial charge >= 0.3 is 18.0 Å². The van der Waals surface area contributed by atoms with Crippen molar-refractivity contribution < 1.29 is 33.8 Å². The number of nitrogens with one attached hydrogen (secondary N) is 1. The number of alkyl carbamates (subject to hydrolysis) is 1. The summed E-state index contributed by atoms with van der Waals surface area (Å²) in [5.74, 6) is -2.32. The summed E-state index contributed by atoms with van der Waals surface area (Å²) in [6.45, 7) is 4.57. The van der Waals surface area contributed by atoms with Crippen LogP contribution in [0.2, 0.25) is 0 Å². The third-order valence-corrected chi connectivity index (χ3v) is 2.62. The second kappa shape index (κ2) is 8.96. The zero-order valence-corrected chi connectivity index (χ0v) is 14.0. The van der Waals surface area contributed by atoms with Crippen molar-refractivity contribution in [2.45, 2.75) is 45.3 Å². The lowest BCUT2D eigenvalue weighted by Crippen LogP contribution is -2.44. The summed E-state index contributed by atoms with van der Waals surface area (Å²) < 4.78 is 9.61. The van der Waals surface area contributed by atoms with Gasteiger partial charge in [-0.05, 0) is 27.2 Å². The van der Waals surface area contributed by atoms with E-state index < -0.39 is 42.1 Å². The minimum Gasteiger partial charge on any atom is -0.480 e. The average Bonchev–Trinajstić information content (AvgIpc) is 2.39. The molecule has 0 rings (SSSR count). The number of carboxylic acid groups (broad SMARTS) is 1. The highest BCUT2D eigenvalue weighted by Gasteiger charge is 2.26. The number of esters is 1. The van der Waals surface area contributed by atoms with E-state index in [2.05, 4.69) is 10.1 Å². The zero-order valence-electron chi connectivity index (χ0n) is 14.0. The van der Waals surface area contributed by atoms with Gasteiger partial charge in [-0.15, -0.1) is 0 Å². The summed E-state index contributed by atoms with van der Waals surface area (Å²) >= 11 is 0. The van der Waals surface area contributed by atoms with Crippen LogP contribution >= 0.6 is 0 Å². The van der Waals surface area contributed by atoms with E-state index in [0.29, 0.717) is 0 Å². The molecular weight excluding hydrogens is 308 g/mol. The molecule has 0 spiro atoms. The molecule has 9 heteroatoms. The van der Waals surface area contributed by atoms with Crippen LogP contribution in [0.1, 0.15) is 33.6 Å². The van der Waals surface area contributed by atoms with Crippen molar-refractivity contribution in [3.63, 3.8) is 0 Å². The largest absolute Gasteiger partial charge is 0.480 e. The molecule has 2 N–H and O–H groups in total. The second-order valence-corrected chi connectivity index (χ2v) is 5.90. The van der Waals surface area contributed by atoms with Crippen LogP contribution in [0.3, 0.4) is 0 Å². The molecule has 0 aliphatic heterocycles. The number of hydrogen-bond donors (Lipinski definition) is 2. The molecule has 0 fully saturated rings. The quantitative estimate of drug-likeness (QED) is 0.646. The van der Waals surface area contributed by atoms with Crippen LogP contribution in [-0.4, -0.2) is 66.3 Å². The lowest BCUT2D eigenvalue weighted by atomic mass is 10.1. The van der Waals surface area contributed by atoms with E-state index in [9.17, 15) is 19.2 Å². The van der Waals surface area contributed by atoms with Crippen LogP contribution in [0.4, 0.5) is 4.79 Å². The minimum atomic E-state index is -1.14. The van der Waals surface area contributed by atoms with Crippen LogP contribution in [0, 0.1) is 0 Å². The van der Waals surface area contributed by atoms with Crippen molar-refractivity contribution in [3.05, 3.63) is 0 Å². The Morgan fingerprint density at radius 2 is 1.78 bits per heavy atom. The lowest BCUT2D eigenvalue weighted by Gasteiger charge is -2.23. The van der Waals surface area contributed by atoms with Gasteiger partial charge < -0.3 is 24.8 Å². The predicted molar refractivity (Wildman–Crippen MR) is 79.7 cm³/mol. The smallest absolute Gasteiger partial charge is 0.408 e. The number of hydrogen-bond acceptors (Lipinski definition) is 6. The standard InChI is InChI=1S/C14H24N2O7/c1-14(2,3)23-13(21)15-9(12(20)22-5)6-7-10(17)16(4)8-11(18)19/h9H,6-8H2,1-5H3,(H,15,21)(H,18,19). The van der Waals surface area contributed by atoms with Crippen molar-refractivity contribution in [2.24, 2.45) is 0 Å². The molecular formula is C14H24N2O7. The number of nitrogens with zero attached hydrogens (tertiary/aromatic N) is 1. The monoisotopic (exact) mass is 332 g/mol. The highest BCUT2D eigenvalue weighted by atomic mass is 16.6. The first-order valence-electron chi connectivity index (χ1n) is 6.99. The second-order valence-electron chi connectivity index (χ2n) is 5.90. The van der Waals surface area contributed by atoms with Crippen LogP contribution in [0.25, 0.3) is 0 Å². The number of aliphatic carboxylic acids is 1. The van der Waals surface area contributed by atoms with Gasteiger partial charge in [-0.1, -0.05) is 0 Å². The zero-order chi connectivity index (χ0) is 18.2. The van der Waals surface area contributed by atoms with Crippen molar-refractivity contribution in [1.82, 2.24) is 10.2 Å². The van der Waals surface area contributed by atoms with E-state index in [1.54, 1.807) is 20.8 Å². The summed E-state index contributed by atoms with van der Waals surface area (Å²) in [6.07, 6.45) is -0.965. The summed E-state index contributed by atoms with van der Waals surface area (Å²) in [5.41, 5.74) is -0.734. The molecule has 0 aromatic heterocycles. The Morgan fingerprint density at radius 3 is 2.22 bits per heavy atom. The van der Waals surface area contributed by atoms with E-state index in [1.807, 2.05) is 0 Å². The Bertz CT molecular complexity index is 457. The lowest BCUT2D eigenvalue weighted by molar-refractivity contribution is -0.145. The van der Waals surface area contributed by atoms with Crippen LogP contribution in [0.15, 0.2) is 0 Å². The molecule has 23 heavy (non-hydrogen) atoms. The molecule has 0 saturated heterocycles. The highest BCUT2D eigenvalue weighted by molar-refractivity contribution is 5.84. The van der Waals surface area contributed by atoms with Gasteiger partial charge in [0.2, 0.25) is 5.91 Å². The van der Waals surface area contributed by atoms with Gasteiger partial charge in [-0.3, -0.25) is 9.59 Å². The Kier molecular flexibility index (Phi) is 8.06. The molecule has 9 nitrogen and oxygen atoms in total. The summed E-state index contributed by atoms with van der Waals surface area (Å²) in [5, 5.41) is 11.0. The maximum absolute atomic E-state index is 11.8. The van der Waals surface area contributed by atoms with Crippen molar-refractivity contribution in [2.75, 3.05) is 20.7 Å². The van der Waals surface area contributed by atoms with Crippen molar-refractivity contribution >= 4 is 23.9 Å². The fourth-order valence-corrected chi connectivity index (χ4v) is 1.59. The van der Waals surface area contributed by atoms with Gasteiger partial charge in [0.15, 0.2) is 0 Å². The molecule has 0 saturated carbocycles. The SMILES string of the molecule is COC(=O)C(CCC(=O)N(C)CC(=O)O)NC(=O)OC(C)(C)C. The maximum Gasteiger partial charge on any atom is 0.408 e.